The number of aryl methyl sites for hydroxylation is 1. The minimum atomic E-state index is 0.200. The Morgan fingerprint density at radius 2 is 2.15 bits per heavy atom. The standard InChI is InChI=1S/C15H20N4O/c1-11-8-13(12(2)17(11)3)14(20)9-18-6-7-19-5-4-16-15(19)10-18/h4-5,8H,6-7,9-10H2,1-3H3. The molecule has 0 aliphatic carbocycles. The summed E-state index contributed by atoms with van der Waals surface area (Å²) in [5.41, 5.74) is 3.02. The number of Topliss-reactive ketones (excluding diaryl/α,β-unsaturated/α-hetero) is 1. The molecule has 0 amide bonds. The summed E-state index contributed by atoms with van der Waals surface area (Å²) >= 11 is 0. The van der Waals surface area contributed by atoms with Crippen LogP contribution in [0.1, 0.15) is 27.6 Å². The number of rotatable bonds is 3. The molecule has 0 bridgehead atoms. The molecule has 3 heterocycles. The van der Waals surface area contributed by atoms with E-state index in [1.54, 1.807) is 0 Å². The Morgan fingerprint density at radius 3 is 2.85 bits per heavy atom. The number of fused-ring (bicyclic) bond motifs is 1. The van der Waals surface area contributed by atoms with Crippen LogP contribution in [-0.4, -0.2) is 37.9 Å². The fourth-order valence-corrected chi connectivity index (χ4v) is 2.78. The summed E-state index contributed by atoms with van der Waals surface area (Å²) in [6.07, 6.45) is 3.82. The van der Waals surface area contributed by atoms with Gasteiger partial charge in [0.25, 0.3) is 0 Å². The molecular weight excluding hydrogens is 252 g/mol. The molecule has 0 saturated heterocycles. The molecule has 20 heavy (non-hydrogen) atoms. The van der Waals surface area contributed by atoms with Crippen LogP contribution in [0.2, 0.25) is 0 Å². The summed E-state index contributed by atoms with van der Waals surface area (Å²) in [6.45, 7) is 7.07. The van der Waals surface area contributed by atoms with Crippen molar-refractivity contribution in [3.05, 3.63) is 41.2 Å². The molecule has 5 nitrogen and oxygen atoms in total. The van der Waals surface area contributed by atoms with E-state index in [2.05, 4.69) is 19.0 Å². The minimum absolute atomic E-state index is 0.200. The summed E-state index contributed by atoms with van der Waals surface area (Å²) in [4.78, 5) is 19.0. The molecular formula is C15H20N4O. The van der Waals surface area contributed by atoms with Crippen molar-refractivity contribution >= 4 is 5.78 Å². The number of carbonyl (C=O) groups is 1. The third-order valence-corrected chi connectivity index (χ3v) is 4.27. The zero-order chi connectivity index (χ0) is 14.3. The van der Waals surface area contributed by atoms with Crippen molar-refractivity contribution in [2.45, 2.75) is 26.9 Å². The van der Waals surface area contributed by atoms with Crippen molar-refractivity contribution < 1.29 is 4.79 Å². The Hall–Kier alpha value is -1.88. The van der Waals surface area contributed by atoms with Crippen LogP contribution in [0.15, 0.2) is 18.5 Å². The van der Waals surface area contributed by atoms with Gasteiger partial charge in [-0.3, -0.25) is 9.69 Å². The number of imidazole rings is 1. The first kappa shape index (κ1) is 13.1. The van der Waals surface area contributed by atoms with Crippen LogP contribution in [0, 0.1) is 13.8 Å². The molecule has 0 aromatic carbocycles. The third kappa shape index (κ3) is 2.18. The van der Waals surface area contributed by atoms with Crippen molar-refractivity contribution in [3.8, 4) is 0 Å². The lowest BCUT2D eigenvalue weighted by Gasteiger charge is -2.26. The van der Waals surface area contributed by atoms with Crippen LogP contribution < -0.4 is 0 Å². The first-order valence-electron chi connectivity index (χ1n) is 6.94. The minimum Gasteiger partial charge on any atom is -0.351 e. The van der Waals surface area contributed by atoms with Crippen molar-refractivity contribution in [1.82, 2.24) is 19.0 Å². The average molecular weight is 272 g/mol. The first-order chi connectivity index (χ1) is 9.56. The molecule has 106 valence electrons. The molecule has 2 aromatic rings. The number of carbonyl (C=O) groups excluding carboxylic acids is 1. The van der Waals surface area contributed by atoms with Crippen molar-refractivity contribution in [2.75, 3.05) is 13.1 Å². The molecule has 1 aliphatic heterocycles. The van der Waals surface area contributed by atoms with E-state index in [0.29, 0.717) is 6.54 Å². The smallest absolute Gasteiger partial charge is 0.178 e. The fraction of sp³-hybridized carbons (Fsp3) is 0.467. The second kappa shape index (κ2) is 4.90. The molecule has 0 saturated carbocycles. The monoisotopic (exact) mass is 272 g/mol. The van der Waals surface area contributed by atoms with Gasteiger partial charge in [-0.15, -0.1) is 0 Å². The van der Waals surface area contributed by atoms with Crippen LogP contribution in [0.5, 0.6) is 0 Å². The average Bonchev–Trinajstić information content (AvgIpc) is 2.98. The van der Waals surface area contributed by atoms with Gasteiger partial charge in [-0.2, -0.15) is 0 Å². The second-order valence-electron chi connectivity index (χ2n) is 5.51. The van der Waals surface area contributed by atoms with Gasteiger partial charge >= 0.3 is 0 Å². The maximum Gasteiger partial charge on any atom is 0.178 e. The summed E-state index contributed by atoms with van der Waals surface area (Å²) < 4.78 is 4.22. The Bertz CT molecular complexity index is 653. The van der Waals surface area contributed by atoms with Crippen LogP contribution >= 0.6 is 0 Å². The lowest BCUT2D eigenvalue weighted by Crippen LogP contribution is -2.37. The van der Waals surface area contributed by atoms with E-state index in [4.69, 9.17) is 0 Å². The highest BCUT2D eigenvalue weighted by atomic mass is 16.1. The normalized spacial score (nSPS) is 15.3. The maximum absolute atomic E-state index is 12.5. The zero-order valence-electron chi connectivity index (χ0n) is 12.3. The van der Waals surface area contributed by atoms with Gasteiger partial charge in [-0.05, 0) is 19.9 Å². The summed E-state index contributed by atoms with van der Waals surface area (Å²) in [5.74, 6) is 1.25. The van der Waals surface area contributed by atoms with Gasteiger partial charge in [0.15, 0.2) is 5.78 Å². The first-order valence-corrected chi connectivity index (χ1v) is 6.94. The maximum atomic E-state index is 12.5. The third-order valence-electron chi connectivity index (χ3n) is 4.27. The molecule has 0 spiro atoms. The van der Waals surface area contributed by atoms with Gasteiger partial charge in [-0.1, -0.05) is 0 Å². The second-order valence-corrected chi connectivity index (χ2v) is 5.51. The summed E-state index contributed by atoms with van der Waals surface area (Å²) in [6, 6.07) is 1.99. The number of hydrogen-bond acceptors (Lipinski definition) is 3. The van der Waals surface area contributed by atoms with Crippen LogP contribution in [0.3, 0.4) is 0 Å². The molecule has 0 atom stereocenters. The van der Waals surface area contributed by atoms with E-state index in [1.807, 2.05) is 39.4 Å². The topological polar surface area (TPSA) is 43.1 Å². The quantitative estimate of drug-likeness (QED) is 0.796. The molecule has 2 aromatic heterocycles. The Kier molecular flexibility index (Phi) is 3.22. The lowest BCUT2D eigenvalue weighted by atomic mass is 10.1. The van der Waals surface area contributed by atoms with E-state index in [1.165, 1.54) is 0 Å². The molecule has 0 unspecified atom stereocenters. The van der Waals surface area contributed by atoms with E-state index in [-0.39, 0.29) is 5.78 Å². The van der Waals surface area contributed by atoms with Crippen LogP contribution in [0.25, 0.3) is 0 Å². The largest absolute Gasteiger partial charge is 0.351 e. The highest BCUT2D eigenvalue weighted by Crippen LogP contribution is 2.16. The van der Waals surface area contributed by atoms with Crippen molar-refractivity contribution in [3.63, 3.8) is 0 Å². The van der Waals surface area contributed by atoms with Gasteiger partial charge in [-0.25, -0.2) is 4.98 Å². The molecule has 0 radical (unpaired) electrons. The van der Waals surface area contributed by atoms with E-state index < -0.39 is 0 Å². The van der Waals surface area contributed by atoms with Crippen molar-refractivity contribution in [1.29, 1.82) is 0 Å². The van der Waals surface area contributed by atoms with Gasteiger partial charge in [0.05, 0.1) is 13.1 Å². The van der Waals surface area contributed by atoms with Gasteiger partial charge in [0.1, 0.15) is 5.82 Å². The SMILES string of the molecule is Cc1cc(C(=O)CN2CCn3ccnc3C2)c(C)n1C. The lowest BCUT2D eigenvalue weighted by molar-refractivity contribution is 0.0907. The van der Waals surface area contributed by atoms with E-state index >= 15 is 0 Å². The Morgan fingerprint density at radius 1 is 1.35 bits per heavy atom. The van der Waals surface area contributed by atoms with Crippen LogP contribution in [0.4, 0.5) is 0 Å². The highest BCUT2D eigenvalue weighted by molar-refractivity contribution is 5.99. The van der Waals surface area contributed by atoms with E-state index in [0.717, 1.165) is 42.4 Å². The van der Waals surface area contributed by atoms with Crippen molar-refractivity contribution in [2.24, 2.45) is 7.05 Å². The molecule has 3 rings (SSSR count). The molecule has 0 fully saturated rings. The molecule has 1 aliphatic rings. The summed E-state index contributed by atoms with van der Waals surface area (Å²) in [7, 11) is 2.00. The predicted octanol–water partition coefficient (Wildman–Crippen LogP) is 1.54. The number of ketones is 1. The predicted molar refractivity (Wildman–Crippen MR) is 76.7 cm³/mol. The van der Waals surface area contributed by atoms with E-state index in [9.17, 15) is 4.79 Å². The van der Waals surface area contributed by atoms with Gasteiger partial charge < -0.3 is 9.13 Å². The summed E-state index contributed by atoms with van der Waals surface area (Å²) in [5, 5.41) is 0. The number of aromatic nitrogens is 3. The Balaban J connectivity index is 1.72. The van der Waals surface area contributed by atoms with Gasteiger partial charge in [0, 0.05) is 49.5 Å². The Labute approximate surface area is 118 Å². The highest BCUT2D eigenvalue weighted by Gasteiger charge is 2.21. The number of hydrogen-bond donors (Lipinski definition) is 0. The fourth-order valence-electron chi connectivity index (χ4n) is 2.78. The molecule has 5 heteroatoms. The van der Waals surface area contributed by atoms with Crippen LogP contribution in [-0.2, 0) is 20.1 Å². The zero-order valence-corrected chi connectivity index (χ0v) is 12.3. The number of nitrogens with zero attached hydrogens (tertiary/aromatic N) is 4. The van der Waals surface area contributed by atoms with Gasteiger partial charge in [0.2, 0.25) is 0 Å². The molecule has 0 N–H and O–H groups in total.